The summed E-state index contributed by atoms with van der Waals surface area (Å²) >= 11 is 0. The number of benzene rings is 2. The molecule has 0 saturated carbocycles. The fourth-order valence-corrected chi connectivity index (χ4v) is 3.71. The van der Waals surface area contributed by atoms with Gasteiger partial charge in [0.05, 0.1) is 13.7 Å². The van der Waals surface area contributed by atoms with Gasteiger partial charge in [0.25, 0.3) is 0 Å². The molecule has 0 aromatic heterocycles. The van der Waals surface area contributed by atoms with Crippen molar-refractivity contribution in [3.05, 3.63) is 53.6 Å². The molecule has 6 nitrogen and oxygen atoms in total. The van der Waals surface area contributed by atoms with E-state index in [0.29, 0.717) is 13.1 Å². The summed E-state index contributed by atoms with van der Waals surface area (Å²) in [5.74, 6) is 0.889. The number of carbonyl (C=O) groups excluding carboxylic acids is 2. The first kappa shape index (κ1) is 20.7. The van der Waals surface area contributed by atoms with Crippen molar-refractivity contribution in [2.45, 2.75) is 33.2 Å². The lowest BCUT2D eigenvalue weighted by atomic mass is 10.0. The van der Waals surface area contributed by atoms with E-state index in [2.05, 4.69) is 5.32 Å². The lowest BCUT2D eigenvalue weighted by molar-refractivity contribution is -0.129. The number of nitrogens with zero attached hydrogens (tertiary/aromatic N) is 2. The number of anilines is 2. The molecule has 6 heteroatoms. The van der Waals surface area contributed by atoms with Crippen molar-refractivity contribution in [3.8, 4) is 5.75 Å². The zero-order valence-electron chi connectivity index (χ0n) is 17.4. The summed E-state index contributed by atoms with van der Waals surface area (Å²) in [6.07, 6.45) is 1.89. The van der Waals surface area contributed by atoms with Gasteiger partial charge in [0.15, 0.2) is 0 Å². The van der Waals surface area contributed by atoms with Gasteiger partial charge in [0.1, 0.15) is 5.75 Å². The van der Waals surface area contributed by atoms with Gasteiger partial charge in [-0.1, -0.05) is 18.2 Å². The Hall–Kier alpha value is -3.02. The minimum Gasteiger partial charge on any atom is -0.497 e. The van der Waals surface area contributed by atoms with Crippen LogP contribution in [0.5, 0.6) is 5.75 Å². The molecule has 2 amide bonds. The maximum atomic E-state index is 13.0. The van der Waals surface area contributed by atoms with E-state index < -0.39 is 0 Å². The molecule has 0 unspecified atom stereocenters. The highest BCUT2D eigenvalue weighted by atomic mass is 16.5. The van der Waals surface area contributed by atoms with Crippen LogP contribution in [0.1, 0.15) is 31.4 Å². The molecule has 1 N–H and O–H groups in total. The van der Waals surface area contributed by atoms with Gasteiger partial charge in [-0.25, -0.2) is 0 Å². The number of fused-ring (bicyclic) bond motifs is 1. The van der Waals surface area contributed by atoms with Crippen LogP contribution < -0.4 is 15.0 Å². The molecule has 0 aliphatic carbocycles. The third-order valence-electron chi connectivity index (χ3n) is 5.34. The maximum absolute atomic E-state index is 13.0. The zero-order valence-corrected chi connectivity index (χ0v) is 17.4. The predicted molar refractivity (Wildman–Crippen MR) is 115 cm³/mol. The second kappa shape index (κ2) is 9.45. The smallest absolute Gasteiger partial charge is 0.246 e. The third-order valence-corrected chi connectivity index (χ3v) is 5.34. The topological polar surface area (TPSA) is 61.9 Å². The quantitative estimate of drug-likeness (QED) is 0.780. The molecular formula is C23H29N3O3. The van der Waals surface area contributed by atoms with E-state index in [9.17, 15) is 9.59 Å². The molecule has 0 fully saturated rings. The van der Waals surface area contributed by atoms with E-state index in [-0.39, 0.29) is 18.4 Å². The highest BCUT2D eigenvalue weighted by molar-refractivity contribution is 5.97. The second-order valence-electron chi connectivity index (χ2n) is 7.19. The molecule has 2 aromatic rings. The monoisotopic (exact) mass is 395 g/mol. The number of hydrogen-bond acceptors (Lipinski definition) is 4. The average molecular weight is 396 g/mol. The van der Waals surface area contributed by atoms with Gasteiger partial charge in [-0.3, -0.25) is 9.59 Å². The molecule has 3 rings (SSSR count). The average Bonchev–Trinajstić information content (AvgIpc) is 2.75. The number of nitrogens with one attached hydrogen (secondary N) is 1. The minimum atomic E-state index is 0.0323. The summed E-state index contributed by atoms with van der Waals surface area (Å²) in [5.41, 5.74) is 3.99. The number of hydrogen-bond donors (Lipinski definition) is 1. The second-order valence-corrected chi connectivity index (χ2v) is 7.19. The summed E-state index contributed by atoms with van der Waals surface area (Å²) in [5, 5.41) is 3.28. The maximum Gasteiger partial charge on any atom is 0.246 e. The Morgan fingerprint density at radius 1 is 1.21 bits per heavy atom. The molecule has 1 heterocycles. The fraction of sp³-hybridized carbons (Fsp3) is 0.391. The normalized spacial score (nSPS) is 12.9. The molecule has 0 bridgehead atoms. The molecule has 0 saturated heterocycles. The Kier molecular flexibility index (Phi) is 6.75. The molecule has 154 valence electrons. The van der Waals surface area contributed by atoms with Crippen LogP contribution in [0.4, 0.5) is 11.4 Å². The van der Waals surface area contributed by atoms with Crippen LogP contribution in [0.15, 0.2) is 42.5 Å². The first-order chi connectivity index (χ1) is 14.0. The van der Waals surface area contributed by atoms with E-state index in [1.54, 1.807) is 18.9 Å². The third kappa shape index (κ3) is 4.88. The van der Waals surface area contributed by atoms with Crippen LogP contribution in [0, 0.1) is 0 Å². The largest absolute Gasteiger partial charge is 0.497 e. The standard InChI is InChI=1S/C23H29N3O3/c1-4-25(17(2)27)16-19-8-5-6-10-21(19)24-15-23(28)26-13-7-9-18-14-20(29-3)11-12-22(18)26/h5-6,8,10-12,14,24H,4,7,9,13,15-16H2,1-3H3. The minimum absolute atomic E-state index is 0.0323. The number of amides is 2. The van der Waals surface area contributed by atoms with Crippen molar-refractivity contribution in [2.24, 2.45) is 0 Å². The lowest BCUT2D eigenvalue weighted by Crippen LogP contribution is -2.39. The number of para-hydroxylation sites is 1. The summed E-state index contributed by atoms with van der Waals surface area (Å²) in [6.45, 7) is 5.63. The van der Waals surface area contributed by atoms with Gasteiger partial charge >= 0.3 is 0 Å². The van der Waals surface area contributed by atoms with Gasteiger partial charge in [-0.05, 0) is 55.2 Å². The predicted octanol–water partition coefficient (Wildman–Crippen LogP) is 3.45. The first-order valence-electron chi connectivity index (χ1n) is 10.1. The van der Waals surface area contributed by atoms with Crippen molar-refractivity contribution in [1.82, 2.24) is 4.90 Å². The van der Waals surface area contributed by atoms with Gasteiger partial charge in [0.2, 0.25) is 11.8 Å². The molecular weight excluding hydrogens is 366 g/mol. The number of ether oxygens (including phenoxy) is 1. The van der Waals surface area contributed by atoms with Crippen molar-refractivity contribution in [2.75, 3.05) is 37.0 Å². The summed E-state index contributed by atoms with van der Waals surface area (Å²) in [4.78, 5) is 28.3. The Balaban J connectivity index is 1.70. The van der Waals surface area contributed by atoms with Crippen molar-refractivity contribution in [1.29, 1.82) is 0 Å². The van der Waals surface area contributed by atoms with Crippen LogP contribution in [0.3, 0.4) is 0 Å². The molecule has 0 atom stereocenters. The molecule has 0 spiro atoms. The van der Waals surface area contributed by atoms with Crippen LogP contribution in [-0.2, 0) is 22.6 Å². The number of carbonyl (C=O) groups is 2. The van der Waals surface area contributed by atoms with Gasteiger partial charge in [-0.2, -0.15) is 0 Å². The Morgan fingerprint density at radius 2 is 2.00 bits per heavy atom. The lowest BCUT2D eigenvalue weighted by Gasteiger charge is -2.30. The highest BCUT2D eigenvalue weighted by Crippen LogP contribution is 2.30. The van der Waals surface area contributed by atoms with Crippen LogP contribution in [0.25, 0.3) is 0 Å². The molecule has 1 aliphatic heterocycles. The van der Waals surface area contributed by atoms with E-state index in [1.165, 1.54) is 0 Å². The Bertz CT molecular complexity index is 881. The number of aryl methyl sites for hydroxylation is 1. The van der Waals surface area contributed by atoms with Crippen molar-refractivity contribution >= 4 is 23.2 Å². The molecule has 0 radical (unpaired) electrons. The first-order valence-corrected chi connectivity index (χ1v) is 10.1. The summed E-state index contributed by atoms with van der Waals surface area (Å²) in [7, 11) is 1.65. The van der Waals surface area contributed by atoms with Gasteiger partial charge in [-0.15, -0.1) is 0 Å². The van der Waals surface area contributed by atoms with E-state index >= 15 is 0 Å². The SMILES string of the molecule is CCN(Cc1ccccc1NCC(=O)N1CCCc2cc(OC)ccc21)C(C)=O. The zero-order chi connectivity index (χ0) is 20.8. The fourth-order valence-electron chi connectivity index (χ4n) is 3.71. The summed E-state index contributed by atoms with van der Waals surface area (Å²) < 4.78 is 5.31. The van der Waals surface area contributed by atoms with Gasteiger partial charge < -0.3 is 19.9 Å². The van der Waals surface area contributed by atoms with Crippen LogP contribution in [-0.4, -0.2) is 43.5 Å². The number of methoxy groups -OCH3 is 1. The number of rotatable bonds is 7. The van der Waals surface area contributed by atoms with Crippen LogP contribution >= 0.6 is 0 Å². The van der Waals surface area contributed by atoms with Gasteiger partial charge in [0, 0.05) is 37.9 Å². The molecule has 1 aliphatic rings. The van der Waals surface area contributed by atoms with E-state index in [4.69, 9.17) is 4.74 Å². The van der Waals surface area contributed by atoms with Crippen molar-refractivity contribution in [3.63, 3.8) is 0 Å². The van der Waals surface area contributed by atoms with E-state index in [0.717, 1.165) is 47.6 Å². The summed E-state index contributed by atoms with van der Waals surface area (Å²) in [6, 6.07) is 13.7. The Labute approximate surface area is 172 Å². The molecule has 29 heavy (non-hydrogen) atoms. The highest BCUT2D eigenvalue weighted by Gasteiger charge is 2.23. The van der Waals surface area contributed by atoms with Crippen molar-refractivity contribution < 1.29 is 14.3 Å². The molecule has 2 aromatic carbocycles. The Morgan fingerprint density at radius 3 is 2.72 bits per heavy atom. The van der Waals surface area contributed by atoms with E-state index in [1.807, 2.05) is 54.3 Å². The van der Waals surface area contributed by atoms with Crippen LogP contribution in [0.2, 0.25) is 0 Å².